The molecule has 0 aliphatic heterocycles. The average Bonchev–Trinajstić information content (AvgIpc) is 2.77. The second kappa shape index (κ2) is 5.24. The van der Waals surface area contributed by atoms with E-state index in [1.54, 1.807) is 7.11 Å². The Kier molecular flexibility index (Phi) is 3.84. The smallest absolute Gasteiger partial charge is 0.396 e. The molecule has 1 aliphatic rings. The van der Waals surface area contributed by atoms with Crippen molar-refractivity contribution in [1.29, 1.82) is 0 Å². The molecular weight excluding hydrogens is 259 g/mol. The third-order valence-corrected chi connectivity index (χ3v) is 3.32. The molecule has 0 aromatic carbocycles. The maximum absolute atomic E-state index is 12.6. The number of pyridine rings is 1. The van der Waals surface area contributed by atoms with Gasteiger partial charge in [0.25, 0.3) is 0 Å². The van der Waals surface area contributed by atoms with Crippen LogP contribution in [-0.4, -0.2) is 24.2 Å². The van der Waals surface area contributed by atoms with Crippen LogP contribution < -0.4 is 11.1 Å². The highest BCUT2D eigenvalue weighted by atomic mass is 19.4. The van der Waals surface area contributed by atoms with Crippen LogP contribution in [0.25, 0.3) is 0 Å². The summed E-state index contributed by atoms with van der Waals surface area (Å²) < 4.78 is 43.1. The molecule has 1 aromatic heterocycles. The van der Waals surface area contributed by atoms with Gasteiger partial charge in [-0.1, -0.05) is 0 Å². The number of nitrogens with zero attached hydrogens (tertiary/aromatic N) is 1. The number of nitrogens with one attached hydrogen (secondary N) is 1. The maximum atomic E-state index is 12.6. The molecule has 2 atom stereocenters. The first-order chi connectivity index (χ1) is 8.91. The summed E-state index contributed by atoms with van der Waals surface area (Å²) >= 11 is 0. The molecule has 0 amide bonds. The molecule has 106 valence electrons. The summed E-state index contributed by atoms with van der Waals surface area (Å²) in [5, 5.41) is 3.03. The number of nitrogen functional groups attached to an aromatic ring is 1. The van der Waals surface area contributed by atoms with Crippen LogP contribution in [0.2, 0.25) is 0 Å². The highest BCUT2D eigenvalue weighted by molar-refractivity contribution is 5.66. The van der Waals surface area contributed by atoms with E-state index in [9.17, 15) is 13.2 Å². The highest BCUT2D eigenvalue weighted by Crippen LogP contribution is 2.33. The molecule has 4 nitrogen and oxygen atoms in total. The van der Waals surface area contributed by atoms with Crippen molar-refractivity contribution in [1.82, 2.24) is 4.98 Å². The molecule has 1 aromatic rings. The van der Waals surface area contributed by atoms with E-state index >= 15 is 0 Å². The minimum Gasteiger partial charge on any atom is -0.396 e. The van der Waals surface area contributed by atoms with Gasteiger partial charge in [0.15, 0.2) is 0 Å². The first-order valence-corrected chi connectivity index (χ1v) is 6.04. The Morgan fingerprint density at radius 2 is 2.16 bits per heavy atom. The van der Waals surface area contributed by atoms with E-state index in [4.69, 9.17) is 10.5 Å². The predicted molar refractivity (Wildman–Crippen MR) is 65.7 cm³/mol. The normalized spacial score (nSPS) is 23.6. The molecule has 2 rings (SSSR count). The van der Waals surface area contributed by atoms with Crippen LogP contribution in [0.1, 0.15) is 25.0 Å². The van der Waals surface area contributed by atoms with E-state index in [1.807, 2.05) is 0 Å². The van der Waals surface area contributed by atoms with E-state index in [2.05, 4.69) is 10.3 Å². The van der Waals surface area contributed by atoms with Gasteiger partial charge in [0.05, 0.1) is 29.7 Å². The van der Waals surface area contributed by atoms with Gasteiger partial charge in [-0.15, -0.1) is 0 Å². The largest absolute Gasteiger partial charge is 0.433 e. The quantitative estimate of drug-likeness (QED) is 0.890. The molecule has 1 fully saturated rings. The van der Waals surface area contributed by atoms with E-state index in [1.165, 1.54) is 0 Å². The number of methoxy groups -OCH3 is 1. The van der Waals surface area contributed by atoms with Crippen LogP contribution in [0.4, 0.5) is 24.5 Å². The van der Waals surface area contributed by atoms with Crippen LogP contribution in [0.3, 0.4) is 0 Å². The number of nitrogens with two attached hydrogens (primary N) is 1. The van der Waals surface area contributed by atoms with Crippen molar-refractivity contribution in [3.05, 3.63) is 18.0 Å². The van der Waals surface area contributed by atoms with Crippen molar-refractivity contribution in [3.8, 4) is 0 Å². The molecule has 7 heteroatoms. The molecule has 1 saturated carbocycles. The lowest BCUT2D eigenvalue weighted by Crippen LogP contribution is -2.30. The molecule has 0 spiro atoms. The zero-order chi connectivity index (χ0) is 14.0. The van der Waals surface area contributed by atoms with Crippen molar-refractivity contribution in [2.75, 3.05) is 18.2 Å². The summed E-state index contributed by atoms with van der Waals surface area (Å²) in [5.74, 6) is 0. The van der Waals surface area contributed by atoms with Crippen molar-refractivity contribution in [2.45, 2.75) is 37.6 Å². The predicted octanol–water partition coefficient (Wildman–Crippen LogP) is 2.66. The van der Waals surface area contributed by atoms with Gasteiger partial charge in [-0.2, -0.15) is 13.2 Å². The van der Waals surface area contributed by atoms with Gasteiger partial charge in [0.2, 0.25) is 0 Å². The van der Waals surface area contributed by atoms with Crippen LogP contribution >= 0.6 is 0 Å². The fraction of sp³-hybridized carbons (Fsp3) is 0.583. The van der Waals surface area contributed by atoms with Crippen LogP contribution in [0.15, 0.2) is 12.3 Å². The van der Waals surface area contributed by atoms with Crippen molar-refractivity contribution in [2.24, 2.45) is 0 Å². The Labute approximate surface area is 109 Å². The van der Waals surface area contributed by atoms with Crippen LogP contribution in [-0.2, 0) is 10.9 Å². The van der Waals surface area contributed by atoms with Crippen LogP contribution in [0.5, 0.6) is 0 Å². The number of aromatic nitrogens is 1. The number of alkyl halides is 3. The minimum absolute atomic E-state index is 0.00176. The first kappa shape index (κ1) is 13.9. The Hall–Kier alpha value is -1.50. The second-order valence-corrected chi connectivity index (χ2v) is 4.61. The summed E-state index contributed by atoms with van der Waals surface area (Å²) in [4.78, 5) is 3.30. The van der Waals surface area contributed by atoms with E-state index in [-0.39, 0.29) is 23.5 Å². The average molecular weight is 275 g/mol. The number of ether oxygens (including phenoxy) is 1. The SMILES string of the molecule is COC1CCCC1Nc1cc(C(F)(F)F)ncc1N. The monoisotopic (exact) mass is 275 g/mol. The standard InChI is InChI=1S/C12H16F3N3O/c1-19-10-4-2-3-8(10)18-9-5-11(12(13,14)15)17-6-7(9)16/h5-6,8,10H,2-4,16H2,1H3,(H,17,18). The number of halogens is 3. The maximum Gasteiger partial charge on any atom is 0.433 e. The van der Waals surface area contributed by atoms with Gasteiger partial charge in [-0.3, -0.25) is 0 Å². The Bertz CT molecular complexity index is 450. The molecule has 2 unspecified atom stereocenters. The Balaban J connectivity index is 2.20. The summed E-state index contributed by atoms with van der Waals surface area (Å²) in [6.45, 7) is 0. The third-order valence-electron chi connectivity index (χ3n) is 3.32. The van der Waals surface area contributed by atoms with Gasteiger partial charge in [-0.05, 0) is 25.3 Å². The Morgan fingerprint density at radius 3 is 2.79 bits per heavy atom. The minimum atomic E-state index is -4.47. The first-order valence-electron chi connectivity index (χ1n) is 6.04. The summed E-state index contributed by atoms with van der Waals surface area (Å²) in [7, 11) is 1.60. The Morgan fingerprint density at radius 1 is 1.42 bits per heavy atom. The zero-order valence-electron chi connectivity index (χ0n) is 10.5. The lowest BCUT2D eigenvalue weighted by molar-refractivity contribution is -0.141. The van der Waals surface area contributed by atoms with Gasteiger partial charge in [-0.25, -0.2) is 4.98 Å². The topological polar surface area (TPSA) is 60.2 Å². The summed E-state index contributed by atoms with van der Waals surface area (Å²) in [5.41, 5.74) is 5.18. The molecule has 3 N–H and O–H groups in total. The third kappa shape index (κ3) is 3.09. The number of hydrogen-bond acceptors (Lipinski definition) is 4. The molecular formula is C12H16F3N3O. The van der Waals surface area contributed by atoms with Crippen molar-refractivity contribution in [3.63, 3.8) is 0 Å². The second-order valence-electron chi connectivity index (χ2n) is 4.61. The van der Waals surface area contributed by atoms with Gasteiger partial charge in [0.1, 0.15) is 5.69 Å². The summed E-state index contributed by atoms with van der Waals surface area (Å²) in [6, 6.07) is 0.927. The number of hydrogen-bond donors (Lipinski definition) is 2. The number of anilines is 2. The lowest BCUT2D eigenvalue weighted by Gasteiger charge is -2.22. The van der Waals surface area contributed by atoms with Gasteiger partial charge >= 0.3 is 6.18 Å². The van der Waals surface area contributed by atoms with Gasteiger partial charge < -0.3 is 15.8 Å². The van der Waals surface area contributed by atoms with E-state index < -0.39 is 11.9 Å². The van der Waals surface area contributed by atoms with Crippen molar-refractivity contribution < 1.29 is 17.9 Å². The lowest BCUT2D eigenvalue weighted by atomic mass is 10.2. The molecule has 1 aliphatic carbocycles. The fourth-order valence-corrected chi connectivity index (χ4v) is 2.32. The molecule has 19 heavy (non-hydrogen) atoms. The molecule has 1 heterocycles. The van der Waals surface area contributed by atoms with Gasteiger partial charge in [0, 0.05) is 7.11 Å². The summed E-state index contributed by atoms with van der Waals surface area (Å²) in [6.07, 6.45) is -0.718. The van der Waals surface area contributed by atoms with Crippen LogP contribution in [0, 0.1) is 0 Å². The highest BCUT2D eigenvalue weighted by Gasteiger charge is 2.34. The molecule has 0 saturated heterocycles. The molecule has 0 bridgehead atoms. The molecule has 0 radical (unpaired) electrons. The fourth-order valence-electron chi connectivity index (χ4n) is 2.32. The van der Waals surface area contributed by atoms with Crippen molar-refractivity contribution >= 4 is 11.4 Å². The zero-order valence-corrected chi connectivity index (χ0v) is 10.5. The van der Waals surface area contributed by atoms with E-state index in [0.717, 1.165) is 31.5 Å². The number of rotatable bonds is 3. The van der Waals surface area contributed by atoms with E-state index in [0.29, 0.717) is 0 Å².